The highest BCUT2D eigenvalue weighted by atomic mass is 32.2. The van der Waals surface area contributed by atoms with Crippen LogP contribution in [0.2, 0.25) is 0 Å². The molecule has 0 radical (unpaired) electrons. The predicted molar refractivity (Wildman–Crippen MR) is 138 cm³/mol. The molecule has 0 heterocycles. The highest BCUT2D eigenvalue weighted by Crippen LogP contribution is 2.69. The highest BCUT2D eigenvalue weighted by molar-refractivity contribution is 7.90. The van der Waals surface area contributed by atoms with Crippen molar-refractivity contribution in [1.29, 1.82) is 0 Å². The van der Waals surface area contributed by atoms with Gasteiger partial charge in [0.2, 0.25) is 10.0 Å². The standard InChI is InChI=1S/C28H51NO4S/c1-6-21-24-17-20(30)12-14-28(24,5)23-13-15-27(4)19(10-11-22(27)25(23)26(21)31)9-7-8-16-29-34(32,33)18(2)3/h18-26,29-31H,6-17H2,1-5H3/t19?,20-,21-,22+,23+,24?,25+,26-,27?,28?/m1/s1. The molecule has 4 fully saturated rings. The van der Waals surface area contributed by atoms with Gasteiger partial charge in [-0.25, -0.2) is 13.1 Å². The monoisotopic (exact) mass is 497 g/mol. The van der Waals surface area contributed by atoms with Gasteiger partial charge in [-0.3, -0.25) is 0 Å². The van der Waals surface area contributed by atoms with Crippen molar-refractivity contribution in [3.63, 3.8) is 0 Å². The molecule has 3 N–H and O–H groups in total. The lowest BCUT2D eigenvalue weighted by molar-refractivity contribution is -0.202. The fraction of sp³-hybridized carbons (Fsp3) is 1.00. The molecule has 4 rings (SSSR count). The summed E-state index contributed by atoms with van der Waals surface area (Å²) in [5.41, 5.74) is 0.562. The van der Waals surface area contributed by atoms with E-state index in [0.29, 0.717) is 47.5 Å². The van der Waals surface area contributed by atoms with Gasteiger partial charge in [-0.15, -0.1) is 0 Å². The molecule has 4 aliphatic rings. The maximum Gasteiger partial charge on any atom is 0.213 e. The van der Waals surface area contributed by atoms with E-state index in [1.807, 2.05) is 0 Å². The van der Waals surface area contributed by atoms with Gasteiger partial charge in [-0.2, -0.15) is 0 Å². The van der Waals surface area contributed by atoms with Crippen molar-refractivity contribution >= 4 is 10.0 Å². The number of sulfonamides is 1. The molecule has 4 saturated carbocycles. The van der Waals surface area contributed by atoms with E-state index in [0.717, 1.165) is 38.5 Å². The van der Waals surface area contributed by atoms with Crippen LogP contribution >= 0.6 is 0 Å². The van der Waals surface area contributed by atoms with Crippen molar-refractivity contribution in [3.05, 3.63) is 0 Å². The minimum Gasteiger partial charge on any atom is -0.393 e. The molecule has 0 saturated heterocycles. The molecule has 4 aliphatic carbocycles. The third-order valence-electron chi connectivity index (χ3n) is 11.5. The lowest BCUT2D eigenvalue weighted by Gasteiger charge is -2.64. The average molecular weight is 498 g/mol. The SMILES string of the molecule is CC[C@@H]1C2C[C@H](O)CCC2(C)[C@H]2CCC3(C)C(CCCCNS(=O)(=O)C(C)C)CC[C@H]3[C@@H]2[C@@H]1O. The molecule has 0 aromatic heterocycles. The Bertz CT molecular complexity index is 815. The molecular weight excluding hydrogens is 446 g/mol. The van der Waals surface area contributed by atoms with Gasteiger partial charge in [0.1, 0.15) is 0 Å². The van der Waals surface area contributed by atoms with Crippen molar-refractivity contribution in [2.75, 3.05) is 6.54 Å². The third kappa shape index (κ3) is 4.52. The van der Waals surface area contributed by atoms with Crippen LogP contribution in [0, 0.1) is 46.3 Å². The quantitative estimate of drug-likeness (QED) is 0.407. The summed E-state index contributed by atoms with van der Waals surface area (Å²) in [6.45, 7) is 11.2. The Morgan fingerprint density at radius 2 is 1.62 bits per heavy atom. The van der Waals surface area contributed by atoms with E-state index in [9.17, 15) is 18.6 Å². The lowest BCUT2D eigenvalue weighted by Crippen LogP contribution is -2.62. The van der Waals surface area contributed by atoms with Crippen molar-refractivity contribution in [1.82, 2.24) is 4.72 Å². The van der Waals surface area contributed by atoms with Crippen LogP contribution in [0.15, 0.2) is 0 Å². The summed E-state index contributed by atoms with van der Waals surface area (Å²) in [5.74, 6) is 3.05. The summed E-state index contributed by atoms with van der Waals surface area (Å²) in [7, 11) is -3.17. The largest absolute Gasteiger partial charge is 0.393 e. The van der Waals surface area contributed by atoms with Gasteiger partial charge < -0.3 is 10.2 Å². The van der Waals surface area contributed by atoms with E-state index >= 15 is 0 Å². The second kappa shape index (κ2) is 9.95. The molecule has 34 heavy (non-hydrogen) atoms. The van der Waals surface area contributed by atoms with Crippen LogP contribution in [0.1, 0.15) is 105 Å². The topological polar surface area (TPSA) is 86.6 Å². The number of rotatable bonds is 8. The molecule has 0 aromatic rings. The van der Waals surface area contributed by atoms with E-state index < -0.39 is 10.0 Å². The van der Waals surface area contributed by atoms with Gasteiger partial charge in [-0.05, 0) is 118 Å². The number of hydrogen-bond donors (Lipinski definition) is 3. The number of aliphatic hydroxyl groups is 2. The molecule has 0 bridgehead atoms. The van der Waals surface area contributed by atoms with Crippen LogP contribution < -0.4 is 4.72 Å². The van der Waals surface area contributed by atoms with Crippen LogP contribution in [0.3, 0.4) is 0 Å². The van der Waals surface area contributed by atoms with Crippen molar-refractivity contribution < 1.29 is 18.6 Å². The molecule has 5 nitrogen and oxygen atoms in total. The normalized spacial score (nSPS) is 46.7. The predicted octanol–water partition coefficient (Wildman–Crippen LogP) is 5.11. The van der Waals surface area contributed by atoms with Crippen molar-refractivity contribution in [3.8, 4) is 0 Å². The maximum absolute atomic E-state index is 12.0. The first-order chi connectivity index (χ1) is 16.0. The van der Waals surface area contributed by atoms with Crippen LogP contribution in [-0.2, 0) is 10.0 Å². The second-order valence-corrected chi connectivity index (χ2v) is 15.5. The number of unbranched alkanes of at least 4 members (excludes halogenated alkanes) is 1. The van der Waals surface area contributed by atoms with Crippen LogP contribution in [0.25, 0.3) is 0 Å². The summed E-state index contributed by atoms with van der Waals surface area (Å²) in [5, 5.41) is 21.9. The smallest absolute Gasteiger partial charge is 0.213 e. The molecule has 0 aliphatic heterocycles. The minimum absolute atomic E-state index is 0.189. The molecular formula is C28H51NO4S. The molecule has 4 unspecified atom stereocenters. The average Bonchev–Trinajstić information content (AvgIpc) is 3.11. The summed E-state index contributed by atoms with van der Waals surface area (Å²) in [6, 6.07) is 0. The van der Waals surface area contributed by atoms with Crippen molar-refractivity contribution in [2.24, 2.45) is 46.3 Å². The Kier molecular flexibility index (Phi) is 7.86. The Balaban J connectivity index is 1.43. The zero-order valence-electron chi connectivity index (χ0n) is 22.3. The Morgan fingerprint density at radius 3 is 2.29 bits per heavy atom. The summed E-state index contributed by atoms with van der Waals surface area (Å²) < 4.78 is 26.8. The van der Waals surface area contributed by atoms with E-state index in [4.69, 9.17) is 0 Å². The minimum atomic E-state index is -3.17. The fourth-order valence-electron chi connectivity index (χ4n) is 9.44. The first-order valence-electron chi connectivity index (χ1n) is 14.3. The molecule has 0 aromatic carbocycles. The first kappa shape index (κ1) is 26.9. The fourth-order valence-corrected chi connectivity index (χ4v) is 10.2. The van der Waals surface area contributed by atoms with Gasteiger partial charge in [-0.1, -0.05) is 33.6 Å². The van der Waals surface area contributed by atoms with Gasteiger partial charge in [0.05, 0.1) is 17.5 Å². The summed E-state index contributed by atoms with van der Waals surface area (Å²) in [6.07, 6.45) is 11.6. The zero-order valence-corrected chi connectivity index (χ0v) is 23.1. The zero-order chi connectivity index (χ0) is 24.9. The number of fused-ring (bicyclic) bond motifs is 5. The Labute approximate surface area is 208 Å². The van der Waals surface area contributed by atoms with E-state index in [2.05, 4.69) is 25.5 Å². The van der Waals surface area contributed by atoms with E-state index in [1.54, 1.807) is 13.8 Å². The van der Waals surface area contributed by atoms with E-state index in [1.165, 1.54) is 32.1 Å². The van der Waals surface area contributed by atoms with E-state index in [-0.39, 0.29) is 22.9 Å². The van der Waals surface area contributed by atoms with Gasteiger partial charge in [0.25, 0.3) is 0 Å². The second-order valence-electron chi connectivity index (χ2n) is 13.2. The summed E-state index contributed by atoms with van der Waals surface area (Å²) >= 11 is 0. The molecule has 10 atom stereocenters. The summed E-state index contributed by atoms with van der Waals surface area (Å²) in [4.78, 5) is 0. The van der Waals surface area contributed by atoms with Gasteiger partial charge in [0, 0.05) is 6.54 Å². The molecule has 6 heteroatoms. The molecule has 198 valence electrons. The van der Waals surface area contributed by atoms with Gasteiger partial charge >= 0.3 is 0 Å². The number of nitrogens with one attached hydrogen (secondary N) is 1. The molecule has 0 amide bonds. The van der Waals surface area contributed by atoms with Gasteiger partial charge in [0.15, 0.2) is 0 Å². The third-order valence-corrected chi connectivity index (χ3v) is 13.3. The Hall–Kier alpha value is -0.170. The number of hydrogen-bond acceptors (Lipinski definition) is 4. The highest BCUT2D eigenvalue weighted by Gasteiger charge is 2.64. The lowest BCUT2D eigenvalue weighted by atomic mass is 9.41. The van der Waals surface area contributed by atoms with Crippen LogP contribution in [-0.4, -0.2) is 42.6 Å². The maximum atomic E-state index is 12.0. The number of aliphatic hydroxyl groups excluding tert-OH is 2. The Morgan fingerprint density at radius 1 is 0.941 bits per heavy atom. The molecule has 0 spiro atoms. The van der Waals surface area contributed by atoms with Crippen LogP contribution in [0.4, 0.5) is 0 Å². The van der Waals surface area contributed by atoms with Crippen molar-refractivity contribution in [2.45, 2.75) is 123 Å². The van der Waals surface area contributed by atoms with Crippen LogP contribution in [0.5, 0.6) is 0 Å². The first-order valence-corrected chi connectivity index (χ1v) is 15.8.